The highest BCUT2D eigenvalue weighted by molar-refractivity contribution is 5.80. The predicted octanol–water partition coefficient (Wildman–Crippen LogP) is 1.48. The second-order valence-corrected chi connectivity index (χ2v) is 3.84. The van der Waals surface area contributed by atoms with Crippen LogP contribution in [0.1, 0.15) is 25.7 Å². The first-order chi connectivity index (χ1) is 5.79. The molecule has 0 aromatic carbocycles. The third-order valence-electron chi connectivity index (χ3n) is 3.11. The molecule has 1 saturated heterocycles. The fraction of sp³-hybridized carbons (Fsp3) is 0.700. The molecule has 66 valence electrons. The fourth-order valence-corrected chi connectivity index (χ4v) is 2.42. The van der Waals surface area contributed by atoms with Crippen molar-refractivity contribution >= 4 is 5.91 Å². The first kappa shape index (κ1) is 7.84. The van der Waals surface area contributed by atoms with Crippen molar-refractivity contribution in [2.24, 2.45) is 11.8 Å². The van der Waals surface area contributed by atoms with Crippen LogP contribution in [0.3, 0.4) is 0 Å². The number of carbonyl (C=O) groups is 1. The molecule has 2 aliphatic rings. The summed E-state index contributed by atoms with van der Waals surface area (Å²) in [5.74, 6) is 1.000. The van der Waals surface area contributed by atoms with Gasteiger partial charge in [0.25, 0.3) is 0 Å². The van der Waals surface area contributed by atoms with Gasteiger partial charge in [-0.05, 0) is 31.6 Å². The molecule has 0 aromatic rings. The lowest BCUT2D eigenvalue weighted by Crippen LogP contribution is -2.44. The summed E-state index contributed by atoms with van der Waals surface area (Å²) in [4.78, 5) is 11.4. The highest BCUT2D eigenvalue weighted by Gasteiger charge is 2.35. The maximum absolute atomic E-state index is 11.4. The van der Waals surface area contributed by atoms with E-state index in [1.54, 1.807) is 0 Å². The van der Waals surface area contributed by atoms with Gasteiger partial charge in [-0.1, -0.05) is 12.2 Å². The van der Waals surface area contributed by atoms with Crippen LogP contribution in [0.15, 0.2) is 12.2 Å². The maximum Gasteiger partial charge on any atom is 0.223 e. The zero-order valence-corrected chi connectivity index (χ0v) is 7.31. The van der Waals surface area contributed by atoms with Gasteiger partial charge in [-0.15, -0.1) is 0 Å². The van der Waals surface area contributed by atoms with E-state index in [2.05, 4.69) is 11.9 Å². The highest BCUT2D eigenvalue weighted by Crippen LogP contribution is 2.37. The van der Waals surface area contributed by atoms with Crippen molar-refractivity contribution in [2.45, 2.75) is 25.7 Å². The van der Waals surface area contributed by atoms with Crippen LogP contribution in [0.5, 0.6) is 0 Å². The molecule has 2 atom stereocenters. The number of fused-ring (bicyclic) bond motifs is 1. The third kappa shape index (κ3) is 1.15. The van der Waals surface area contributed by atoms with E-state index in [1.807, 2.05) is 0 Å². The Morgan fingerprint density at radius 3 is 2.92 bits per heavy atom. The summed E-state index contributed by atoms with van der Waals surface area (Å²) in [6.07, 6.45) is 4.45. The summed E-state index contributed by atoms with van der Waals surface area (Å²) in [6.45, 7) is 4.90. The van der Waals surface area contributed by atoms with Crippen molar-refractivity contribution in [3.05, 3.63) is 12.2 Å². The molecule has 0 radical (unpaired) electrons. The van der Waals surface area contributed by atoms with Crippen LogP contribution >= 0.6 is 0 Å². The van der Waals surface area contributed by atoms with Crippen molar-refractivity contribution in [1.82, 2.24) is 5.32 Å². The lowest BCUT2D eigenvalue weighted by Gasteiger charge is -2.36. The quantitative estimate of drug-likeness (QED) is 0.541. The minimum atomic E-state index is 0.250. The van der Waals surface area contributed by atoms with Crippen LogP contribution in [-0.4, -0.2) is 12.5 Å². The van der Waals surface area contributed by atoms with Gasteiger partial charge in [-0.2, -0.15) is 0 Å². The van der Waals surface area contributed by atoms with E-state index in [4.69, 9.17) is 0 Å². The standard InChI is InChI=1S/C10H15NO/c1-7-3-2-4-9-8(7)5-6-11-10(9)12/h8-9H,1-6H2,(H,11,12). The van der Waals surface area contributed by atoms with Crippen LogP contribution in [0.2, 0.25) is 0 Å². The van der Waals surface area contributed by atoms with Crippen LogP contribution in [0.4, 0.5) is 0 Å². The van der Waals surface area contributed by atoms with Crippen molar-refractivity contribution < 1.29 is 4.79 Å². The molecule has 1 aliphatic heterocycles. The summed E-state index contributed by atoms with van der Waals surface area (Å²) in [5.41, 5.74) is 1.31. The second kappa shape index (κ2) is 2.92. The molecule has 2 fully saturated rings. The Kier molecular flexibility index (Phi) is 1.91. The molecule has 1 amide bonds. The van der Waals surface area contributed by atoms with E-state index in [1.165, 1.54) is 5.57 Å². The van der Waals surface area contributed by atoms with E-state index in [0.717, 1.165) is 32.2 Å². The zero-order chi connectivity index (χ0) is 8.55. The van der Waals surface area contributed by atoms with Crippen LogP contribution in [0.25, 0.3) is 0 Å². The van der Waals surface area contributed by atoms with Crippen LogP contribution in [0, 0.1) is 11.8 Å². The largest absolute Gasteiger partial charge is 0.356 e. The number of hydrogen-bond donors (Lipinski definition) is 1. The summed E-state index contributed by atoms with van der Waals surface area (Å²) in [5, 5.41) is 2.92. The molecule has 1 aliphatic carbocycles. The Hall–Kier alpha value is -0.790. The van der Waals surface area contributed by atoms with E-state index >= 15 is 0 Å². The molecule has 0 bridgehead atoms. The molecule has 12 heavy (non-hydrogen) atoms. The molecule has 2 unspecified atom stereocenters. The van der Waals surface area contributed by atoms with Gasteiger partial charge in [0.2, 0.25) is 5.91 Å². The molecule has 2 rings (SSSR count). The molecule has 2 heteroatoms. The molecule has 0 aromatic heterocycles. The first-order valence-corrected chi connectivity index (χ1v) is 4.74. The zero-order valence-electron chi connectivity index (χ0n) is 7.31. The van der Waals surface area contributed by atoms with Crippen molar-refractivity contribution in [2.75, 3.05) is 6.54 Å². The van der Waals surface area contributed by atoms with Crippen molar-refractivity contribution in [3.63, 3.8) is 0 Å². The predicted molar refractivity (Wildman–Crippen MR) is 47.6 cm³/mol. The molecular weight excluding hydrogens is 150 g/mol. The lowest BCUT2D eigenvalue weighted by atomic mass is 9.72. The van der Waals surface area contributed by atoms with Gasteiger partial charge in [0.15, 0.2) is 0 Å². The average molecular weight is 165 g/mol. The number of hydrogen-bond acceptors (Lipinski definition) is 1. The Morgan fingerprint density at radius 1 is 1.33 bits per heavy atom. The Bertz CT molecular complexity index is 198. The van der Waals surface area contributed by atoms with Gasteiger partial charge in [0.1, 0.15) is 0 Å². The number of carbonyl (C=O) groups excluding carboxylic acids is 1. The maximum atomic E-state index is 11.4. The molecule has 0 spiro atoms. The monoisotopic (exact) mass is 165 g/mol. The Labute approximate surface area is 73.0 Å². The van der Waals surface area contributed by atoms with E-state index in [-0.39, 0.29) is 11.8 Å². The van der Waals surface area contributed by atoms with Crippen molar-refractivity contribution in [1.29, 1.82) is 0 Å². The fourth-order valence-electron chi connectivity index (χ4n) is 2.42. The molecular formula is C10H15NO. The van der Waals surface area contributed by atoms with Crippen LogP contribution < -0.4 is 5.32 Å². The van der Waals surface area contributed by atoms with E-state index in [9.17, 15) is 4.79 Å². The second-order valence-electron chi connectivity index (χ2n) is 3.84. The van der Waals surface area contributed by atoms with Gasteiger partial charge in [0.05, 0.1) is 0 Å². The number of piperidine rings is 1. The highest BCUT2D eigenvalue weighted by atomic mass is 16.1. The number of amides is 1. The van der Waals surface area contributed by atoms with Gasteiger partial charge >= 0.3 is 0 Å². The van der Waals surface area contributed by atoms with Gasteiger partial charge in [-0.3, -0.25) is 4.79 Å². The molecule has 1 N–H and O–H groups in total. The molecule has 2 nitrogen and oxygen atoms in total. The summed E-state index contributed by atoms with van der Waals surface area (Å²) in [6, 6.07) is 0. The van der Waals surface area contributed by atoms with Gasteiger partial charge in [-0.25, -0.2) is 0 Å². The van der Waals surface area contributed by atoms with Gasteiger partial charge < -0.3 is 5.32 Å². The van der Waals surface area contributed by atoms with Crippen molar-refractivity contribution in [3.8, 4) is 0 Å². The number of rotatable bonds is 0. The number of nitrogens with one attached hydrogen (secondary N) is 1. The SMILES string of the molecule is C=C1CCCC2C(=O)NCCC12. The topological polar surface area (TPSA) is 29.1 Å². The molecule has 1 saturated carbocycles. The molecule has 1 heterocycles. The Morgan fingerprint density at radius 2 is 2.17 bits per heavy atom. The minimum absolute atomic E-state index is 0.250. The number of allylic oxidation sites excluding steroid dienone is 1. The summed E-state index contributed by atoms with van der Waals surface area (Å²) in [7, 11) is 0. The third-order valence-corrected chi connectivity index (χ3v) is 3.11. The van der Waals surface area contributed by atoms with E-state index < -0.39 is 0 Å². The normalized spacial score (nSPS) is 35.7. The summed E-state index contributed by atoms with van der Waals surface area (Å²) < 4.78 is 0. The minimum Gasteiger partial charge on any atom is -0.356 e. The van der Waals surface area contributed by atoms with Crippen LogP contribution in [-0.2, 0) is 4.79 Å². The Balaban J connectivity index is 2.16. The average Bonchev–Trinajstić information content (AvgIpc) is 2.07. The smallest absolute Gasteiger partial charge is 0.223 e. The summed E-state index contributed by atoms with van der Waals surface area (Å²) >= 11 is 0. The first-order valence-electron chi connectivity index (χ1n) is 4.74. The lowest BCUT2D eigenvalue weighted by molar-refractivity contribution is -0.128. The van der Waals surface area contributed by atoms with E-state index in [0.29, 0.717) is 5.92 Å². The van der Waals surface area contributed by atoms with Gasteiger partial charge in [0, 0.05) is 12.5 Å².